The Morgan fingerprint density at radius 2 is 1.32 bits per heavy atom. The Labute approximate surface area is 151 Å². The molecule has 2 N–H and O–H groups in total. The van der Waals surface area contributed by atoms with Crippen molar-refractivity contribution in [3.05, 3.63) is 23.3 Å². The molecule has 2 rings (SSSR count). The molecule has 0 fully saturated rings. The first-order valence-electron chi connectivity index (χ1n) is 9.19. The van der Waals surface area contributed by atoms with Crippen LogP contribution in [-0.2, 0) is 16.2 Å². The standard InChI is InChI=1S/C19H34N6/c1-12(2)13-20-15(24-22-13)18(6,7)10-11-19(8,9)16-21-14(23-25-16)17(3,4)5/h12H,10-11H2,1-9H3,(H,20,22,24)(H,21,23,25). The van der Waals surface area contributed by atoms with Gasteiger partial charge in [-0.1, -0.05) is 62.3 Å². The topological polar surface area (TPSA) is 83.1 Å². The normalized spacial score (nSPS) is 13.7. The van der Waals surface area contributed by atoms with Crippen LogP contribution in [0.4, 0.5) is 0 Å². The van der Waals surface area contributed by atoms with Crippen molar-refractivity contribution < 1.29 is 0 Å². The van der Waals surface area contributed by atoms with Crippen LogP contribution in [0.25, 0.3) is 0 Å². The molecule has 6 heteroatoms. The second-order valence-electron chi connectivity index (χ2n) is 9.74. The first-order valence-corrected chi connectivity index (χ1v) is 9.19. The van der Waals surface area contributed by atoms with Crippen LogP contribution < -0.4 is 0 Å². The van der Waals surface area contributed by atoms with E-state index >= 15 is 0 Å². The van der Waals surface area contributed by atoms with Crippen LogP contribution in [0, 0.1) is 0 Å². The summed E-state index contributed by atoms with van der Waals surface area (Å²) in [7, 11) is 0. The molecule has 25 heavy (non-hydrogen) atoms. The van der Waals surface area contributed by atoms with Gasteiger partial charge in [0.15, 0.2) is 5.82 Å². The smallest absolute Gasteiger partial charge is 0.153 e. The molecule has 2 heterocycles. The highest BCUT2D eigenvalue weighted by Crippen LogP contribution is 2.34. The number of nitrogens with one attached hydrogen (secondary N) is 2. The van der Waals surface area contributed by atoms with Gasteiger partial charge in [-0.2, -0.15) is 5.10 Å². The largest absolute Gasteiger partial charge is 0.328 e. The molecule has 0 saturated carbocycles. The number of aromatic amines is 2. The summed E-state index contributed by atoms with van der Waals surface area (Å²) in [6.45, 7) is 19.5. The van der Waals surface area contributed by atoms with E-state index in [1.807, 2.05) is 0 Å². The Morgan fingerprint density at radius 1 is 0.800 bits per heavy atom. The lowest BCUT2D eigenvalue weighted by atomic mass is 9.78. The van der Waals surface area contributed by atoms with Crippen molar-refractivity contribution in [1.82, 2.24) is 30.4 Å². The number of H-pyrrole nitrogens is 2. The molecule has 0 saturated heterocycles. The van der Waals surface area contributed by atoms with Crippen molar-refractivity contribution in [3.8, 4) is 0 Å². The van der Waals surface area contributed by atoms with E-state index in [1.165, 1.54) is 0 Å². The predicted molar refractivity (Wildman–Crippen MR) is 101 cm³/mol. The molecule has 0 aliphatic heterocycles. The average molecular weight is 347 g/mol. The minimum absolute atomic E-state index is 0.0202. The molecule has 0 radical (unpaired) electrons. The van der Waals surface area contributed by atoms with E-state index in [9.17, 15) is 0 Å². The number of hydrogen-bond acceptors (Lipinski definition) is 4. The molecule has 0 aliphatic rings. The highest BCUT2D eigenvalue weighted by atomic mass is 15.2. The van der Waals surface area contributed by atoms with Crippen LogP contribution in [0.1, 0.15) is 104 Å². The summed E-state index contributed by atoms with van der Waals surface area (Å²) in [5.41, 5.74) is -0.160. The van der Waals surface area contributed by atoms with Crippen molar-refractivity contribution in [2.45, 2.75) is 97.3 Å². The molecular weight excluding hydrogens is 312 g/mol. The van der Waals surface area contributed by atoms with Crippen LogP contribution >= 0.6 is 0 Å². The van der Waals surface area contributed by atoms with E-state index in [-0.39, 0.29) is 16.2 Å². The van der Waals surface area contributed by atoms with Crippen LogP contribution in [0.5, 0.6) is 0 Å². The first-order chi connectivity index (χ1) is 11.3. The van der Waals surface area contributed by atoms with E-state index in [4.69, 9.17) is 0 Å². The number of aromatic nitrogens is 6. The lowest BCUT2D eigenvalue weighted by Crippen LogP contribution is -2.26. The van der Waals surface area contributed by atoms with Gasteiger partial charge in [0.25, 0.3) is 0 Å². The molecule has 6 nitrogen and oxygen atoms in total. The van der Waals surface area contributed by atoms with Crippen molar-refractivity contribution in [2.24, 2.45) is 0 Å². The Hall–Kier alpha value is -1.72. The second-order valence-corrected chi connectivity index (χ2v) is 9.74. The van der Waals surface area contributed by atoms with Crippen LogP contribution in [0.15, 0.2) is 0 Å². The minimum atomic E-state index is -0.0747. The van der Waals surface area contributed by atoms with E-state index in [0.717, 1.165) is 36.1 Å². The molecular formula is C19H34N6. The molecule has 2 aromatic heterocycles. The number of rotatable bonds is 6. The molecule has 0 amide bonds. The van der Waals surface area contributed by atoms with Gasteiger partial charge in [0, 0.05) is 22.2 Å². The Morgan fingerprint density at radius 3 is 1.76 bits per heavy atom. The quantitative estimate of drug-likeness (QED) is 0.813. The van der Waals surface area contributed by atoms with Crippen molar-refractivity contribution in [1.29, 1.82) is 0 Å². The summed E-state index contributed by atoms with van der Waals surface area (Å²) in [6.07, 6.45) is 1.97. The van der Waals surface area contributed by atoms with E-state index in [1.54, 1.807) is 0 Å². The van der Waals surface area contributed by atoms with Crippen LogP contribution in [-0.4, -0.2) is 30.4 Å². The maximum absolute atomic E-state index is 4.69. The third-order valence-corrected chi connectivity index (χ3v) is 4.87. The summed E-state index contributed by atoms with van der Waals surface area (Å²) in [5, 5.41) is 16.2. The van der Waals surface area contributed by atoms with Gasteiger partial charge in [-0.15, -0.1) is 10.2 Å². The Bertz CT molecular complexity index is 700. The van der Waals surface area contributed by atoms with Gasteiger partial charge in [-0.05, 0) is 12.8 Å². The summed E-state index contributed by atoms with van der Waals surface area (Å²) in [4.78, 5) is 8.12. The maximum atomic E-state index is 4.69. The number of nitrogens with zero attached hydrogens (tertiary/aromatic N) is 4. The Kier molecular flexibility index (Phi) is 5.13. The van der Waals surface area contributed by atoms with Gasteiger partial charge in [-0.25, -0.2) is 4.98 Å². The van der Waals surface area contributed by atoms with E-state index in [0.29, 0.717) is 5.92 Å². The molecule has 0 spiro atoms. The van der Waals surface area contributed by atoms with Gasteiger partial charge < -0.3 is 4.98 Å². The highest BCUT2D eigenvalue weighted by molar-refractivity contribution is 5.11. The summed E-state index contributed by atoms with van der Waals surface area (Å²) < 4.78 is 0. The van der Waals surface area contributed by atoms with Gasteiger partial charge in [0.2, 0.25) is 0 Å². The highest BCUT2D eigenvalue weighted by Gasteiger charge is 2.32. The lowest BCUT2D eigenvalue weighted by molar-refractivity contribution is 0.352. The minimum Gasteiger partial charge on any atom is -0.328 e. The van der Waals surface area contributed by atoms with Crippen molar-refractivity contribution in [2.75, 3.05) is 0 Å². The lowest BCUT2D eigenvalue weighted by Gasteiger charge is -2.28. The van der Waals surface area contributed by atoms with Gasteiger partial charge in [0.1, 0.15) is 17.5 Å². The summed E-state index contributed by atoms with van der Waals surface area (Å²) in [6, 6.07) is 0. The fraction of sp³-hybridized carbons (Fsp3) is 0.789. The van der Waals surface area contributed by atoms with Crippen molar-refractivity contribution >= 4 is 0 Å². The summed E-state index contributed by atoms with van der Waals surface area (Å²) >= 11 is 0. The van der Waals surface area contributed by atoms with Crippen molar-refractivity contribution in [3.63, 3.8) is 0 Å². The zero-order valence-electron chi connectivity index (χ0n) is 17.3. The molecule has 0 aliphatic carbocycles. The van der Waals surface area contributed by atoms with Crippen LogP contribution in [0.3, 0.4) is 0 Å². The van der Waals surface area contributed by atoms with Gasteiger partial charge in [-0.3, -0.25) is 5.10 Å². The Balaban J connectivity index is 2.10. The zero-order chi connectivity index (χ0) is 19.0. The molecule has 140 valence electrons. The molecule has 0 aromatic carbocycles. The van der Waals surface area contributed by atoms with E-state index in [2.05, 4.69) is 92.7 Å². The molecule has 0 unspecified atom stereocenters. The maximum Gasteiger partial charge on any atom is 0.153 e. The molecule has 2 aromatic rings. The van der Waals surface area contributed by atoms with Crippen LogP contribution in [0.2, 0.25) is 0 Å². The first kappa shape index (κ1) is 19.6. The second kappa shape index (κ2) is 6.54. The fourth-order valence-corrected chi connectivity index (χ4v) is 2.60. The van der Waals surface area contributed by atoms with Gasteiger partial charge in [0.05, 0.1) is 0 Å². The third-order valence-electron chi connectivity index (χ3n) is 4.87. The van der Waals surface area contributed by atoms with E-state index < -0.39 is 0 Å². The summed E-state index contributed by atoms with van der Waals surface area (Å²) in [5.74, 6) is 4.06. The zero-order valence-corrected chi connectivity index (χ0v) is 17.3. The average Bonchev–Trinajstić information content (AvgIpc) is 3.14. The number of hydrogen-bond donors (Lipinski definition) is 2. The molecule has 0 bridgehead atoms. The molecule has 0 atom stereocenters. The fourth-order valence-electron chi connectivity index (χ4n) is 2.60. The monoisotopic (exact) mass is 346 g/mol. The SMILES string of the molecule is CC(C)c1n[nH]c(C(C)(C)CCC(C)(C)c2nnc(C(C)(C)C)[nH]2)n1. The third kappa shape index (κ3) is 4.47. The predicted octanol–water partition coefficient (Wildman–Crippen LogP) is 4.38. The van der Waals surface area contributed by atoms with Gasteiger partial charge >= 0.3 is 0 Å².